The lowest BCUT2D eigenvalue weighted by atomic mass is 10.0. The monoisotopic (exact) mass is 282 g/mol. The van der Waals surface area contributed by atoms with Crippen molar-refractivity contribution in [2.75, 3.05) is 6.61 Å². The van der Waals surface area contributed by atoms with E-state index in [9.17, 15) is 4.79 Å². The number of hydrogen-bond donors (Lipinski definition) is 1. The van der Waals surface area contributed by atoms with E-state index in [1.54, 1.807) is 4.68 Å². The van der Waals surface area contributed by atoms with Crippen LogP contribution in [0.15, 0.2) is 0 Å². The van der Waals surface area contributed by atoms with Crippen LogP contribution in [0.3, 0.4) is 0 Å². The molecule has 7 nitrogen and oxygen atoms in total. The number of rotatable bonds is 7. The fraction of sp³-hybridized carbons (Fsp3) is 0.846. The highest BCUT2D eigenvalue weighted by molar-refractivity contribution is 5.67. The number of aliphatic carboxylic acids is 1. The number of hydrogen-bond acceptors (Lipinski definition) is 5. The highest BCUT2D eigenvalue weighted by Crippen LogP contribution is 2.23. The molecule has 112 valence electrons. The van der Waals surface area contributed by atoms with Crippen LogP contribution < -0.4 is 0 Å². The maximum absolute atomic E-state index is 11.0. The van der Waals surface area contributed by atoms with E-state index in [0.29, 0.717) is 0 Å². The van der Waals surface area contributed by atoms with Crippen LogP contribution in [0, 0.1) is 5.92 Å². The molecule has 1 saturated heterocycles. The van der Waals surface area contributed by atoms with Gasteiger partial charge in [0.2, 0.25) is 0 Å². The first-order chi connectivity index (χ1) is 9.58. The summed E-state index contributed by atoms with van der Waals surface area (Å²) in [5.74, 6) is 0.0841. The molecule has 1 aromatic heterocycles. The minimum absolute atomic E-state index is 0.0373. The van der Waals surface area contributed by atoms with Crippen LogP contribution in [0.5, 0.6) is 0 Å². The topological polar surface area (TPSA) is 90.1 Å². The van der Waals surface area contributed by atoms with Crippen LogP contribution in [-0.4, -0.2) is 44.0 Å². The average Bonchev–Trinajstić information content (AvgIpc) is 3.04. The first-order valence-electron chi connectivity index (χ1n) is 7.18. The SMILES string of the molecule is CC(C)C(CC(=O)O)n1nnnc1CCC1CCCO1. The third-order valence-electron chi connectivity index (χ3n) is 3.74. The molecule has 0 bridgehead atoms. The summed E-state index contributed by atoms with van der Waals surface area (Å²) >= 11 is 0. The number of carboxylic acids is 1. The highest BCUT2D eigenvalue weighted by Gasteiger charge is 2.24. The molecule has 1 aromatic rings. The summed E-state index contributed by atoms with van der Waals surface area (Å²) < 4.78 is 7.27. The highest BCUT2D eigenvalue weighted by atomic mass is 16.5. The van der Waals surface area contributed by atoms with E-state index in [2.05, 4.69) is 15.5 Å². The van der Waals surface area contributed by atoms with Gasteiger partial charge in [-0.25, -0.2) is 4.68 Å². The zero-order chi connectivity index (χ0) is 14.5. The largest absolute Gasteiger partial charge is 0.481 e. The quantitative estimate of drug-likeness (QED) is 0.814. The van der Waals surface area contributed by atoms with Crippen LogP contribution >= 0.6 is 0 Å². The Balaban J connectivity index is 2.03. The molecule has 0 amide bonds. The molecule has 20 heavy (non-hydrogen) atoms. The third kappa shape index (κ3) is 3.75. The van der Waals surface area contributed by atoms with Gasteiger partial charge in [0, 0.05) is 13.0 Å². The van der Waals surface area contributed by atoms with Gasteiger partial charge in [-0.3, -0.25) is 4.79 Å². The molecule has 0 aromatic carbocycles. The summed E-state index contributed by atoms with van der Waals surface area (Å²) in [4.78, 5) is 11.0. The fourth-order valence-electron chi connectivity index (χ4n) is 2.58. The van der Waals surface area contributed by atoms with Crippen molar-refractivity contribution < 1.29 is 14.6 Å². The number of nitrogens with zero attached hydrogens (tertiary/aromatic N) is 4. The van der Waals surface area contributed by atoms with E-state index >= 15 is 0 Å². The van der Waals surface area contributed by atoms with Gasteiger partial charge in [-0.15, -0.1) is 5.10 Å². The Kier molecular flexibility index (Phi) is 5.05. The molecule has 2 unspecified atom stereocenters. The molecule has 1 N–H and O–H groups in total. The molecule has 2 atom stereocenters. The van der Waals surface area contributed by atoms with Crippen LogP contribution in [-0.2, 0) is 16.0 Å². The Morgan fingerprint density at radius 3 is 2.95 bits per heavy atom. The van der Waals surface area contributed by atoms with Crippen molar-refractivity contribution in [2.45, 2.75) is 58.1 Å². The molecule has 7 heteroatoms. The number of carbonyl (C=O) groups is 1. The van der Waals surface area contributed by atoms with Gasteiger partial charge in [0.05, 0.1) is 18.6 Å². The Labute approximate surface area is 118 Å². The Morgan fingerprint density at radius 2 is 2.35 bits per heavy atom. The van der Waals surface area contributed by atoms with Gasteiger partial charge in [-0.2, -0.15) is 0 Å². The number of tetrazole rings is 1. The van der Waals surface area contributed by atoms with Gasteiger partial charge in [-0.05, 0) is 35.6 Å². The fourth-order valence-corrected chi connectivity index (χ4v) is 2.58. The van der Waals surface area contributed by atoms with E-state index < -0.39 is 5.97 Å². The van der Waals surface area contributed by atoms with Crippen molar-refractivity contribution in [3.63, 3.8) is 0 Å². The van der Waals surface area contributed by atoms with Crippen LogP contribution in [0.4, 0.5) is 0 Å². The Hall–Kier alpha value is -1.50. The predicted molar refractivity (Wildman–Crippen MR) is 71.2 cm³/mol. The Bertz CT molecular complexity index is 441. The van der Waals surface area contributed by atoms with Crippen molar-refractivity contribution in [2.24, 2.45) is 5.92 Å². The average molecular weight is 282 g/mol. The molecule has 0 spiro atoms. The van der Waals surface area contributed by atoms with E-state index in [-0.39, 0.29) is 24.5 Å². The van der Waals surface area contributed by atoms with Crippen molar-refractivity contribution in [3.05, 3.63) is 5.82 Å². The molecule has 2 rings (SSSR count). The second kappa shape index (κ2) is 6.78. The molecule has 0 aliphatic carbocycles. The van der Waals surface area contributed by atoms with E-state index in [4.69, 9.17) is 9.84 Å². The van der Waals surface area contributed by atoms with E-state index in [0.717, 1.165) is 38.1 Å². The van der Waals surface area contributed by atoms with Gasteiger partial charge in [0.15, 0.2) is 5.82 Å². The number of carboxylic acid groups (broad SMARTS) is 1. The predicted octanol–water partition coefficient (Wildman–Crippen LogP) is 1.46. The van der Waals surface area contributed by atoms with E-state index in [1.807, 2.05) is 13.8 Å². The molecular formula is C13H22N4O3. The molecule has 0 saturated carbocycles. The van der Waals surface area contributed by atoms with Gasteiger partial charge in [0.1, 0.15) is 0 Å². The van der Waals surface area contributed by atoms with Crippen molar-refractivity contribution >= 4 is 5.97 Å². The molecule has 0 radical (unpaired) electrons. The molecule has 1 aliphatic heterocycles. The maximum atomic E-state index is 11.0. The standard InChI is InChI=1S/C13H22N4O3/c1-9(2)11(8-13(18)19)17-12(14-15-16-17)6-5-10-4-3-7-20-10/h9-11H,3-8H2,1-2H3,(H,18,19). The van der Waals surface area contributed by atoms with Gasteiger partial charge < -0.3 is 9.84 Å². The number of aromatic nitrogens is 4. The maximum Gasteiger partial charge on any atom is 0.305 e. The Morgan fingerprint density at radius 1 is 1.55 bits per heavy atom. The number of aryl methyl sites for hydroxylation is 1. The minimum Gasteiger partial charge on any atom is -0.481 e. The summed E-state index contributed by atoms with van der Waals surface area (Å²) in [5, 5.41) is 20.8. The van der Waals surface area contributed by atoms with E-state index in [1.165, 1.54) is 0 Å². The van der Waals surface area contributed by atoms with Crippen LogP contribution in [0.1, 0.15) is 51.4 Å². The smallest absolute Gasteiger partial charge is 0.305 e. The first-order valence-corrected chi connectivity index (χ1v) is 7.18. The van der Waals surface area contributed by atoms with Gasteiger partial charge in [0.25, 0.3) is 0 Å². The summed E-state index contributed by atoms with van der Waals surface area (Å²) in [5.41, 5.74) is 0. The summed E-state index contributed by atoms with van der Waals surface area (Å²) in [6, 6.07) is -0.206. The lowest BCUT2D eigenvalue weighted by molar-refractivity contribution is -0.138. The summed E-state index contributed by atoms with van der Waals surface area (Å²) in [6.45, 7) is 4.81. The normalized spacial score (nSPS) is 20.4. The van der Waals surface area contributed by atoms with Crippen LogP contribution in [0.25, 0.3) is 0 Å². The molecule has 1 aliphatic rings. The summed E-state index contributed by atoms with van der Waals surface area (Å²) in [7, 11) is 0. The molecule has 1 fully saturated rings. The lowest BCUT2D eigenvalue weighted by Gasteiger charge is -2.20. The number of ether oxygens (including phenoxy) is 1. The minimum atomic E-state index is -0.829. The van der Waals surface area contributed by atoms with Gasteiger partial charge in [-0.1, -0.05) is 13.8 Å². The third-order valence-corrected chi connectivity index (χ3v) is 3.74. The van der Waals surface area contributed by atoms with Crippen LogP contribution in [0.2, 0.25) is 0 Å². The van der Waals surface area contributed by atoms with Crippen molar-refractivity contribution in [1.29, 1.82) is 0 Å². The first kappa shape index (κ1) is 14.9. The van der Waals surface area contributed by atoms with Gasteiger partial charge >= 0.3 is 5.97 Å². The zero-order valence-electron chi connectivity index (χ0n) is 12.0. The summed E-state index contributed by atoms with van der Waals surface area (Å²) in [6.07, 6.45) is 4.14. The van der Waals surface area contributed by atoms with Crippen molar-refractivity contribution in [3.8, 4) is 0 Å². The second-order valence-corrected chi connectivity index (χ2v) is 5.62. The second-order valence-electron chi connectivity index (χ2n) is 5.62. The molecule has 2 heterocycles. The zero-order valence-corrected chi connectivity index (χ0v) is 12.0. The van der Waals surface area contributed by atoms with Crippen molar-refractivity contribution in [1.82, 2.24) is 20.2 Å². The molecular weight excluding hydrogens is 260 g/mol. The lowest BCUT2D eigenvalue weighted by Crippen LogP contribution is -2.23.